The zero-order chi connectivity index (χ0) is 17.8. The van der Waals surface area contributed by atoms with Gasteiger partial charge in [0.2, 0.25) is 10.0 Å². The Morgan fingerprint density at radius 3 is 2.25 bits per heavy atom. The smallest absolute Gasteiger partial charge is 0.211 e. The van der Waals surface area contributed by atoms with E-state index in [0.29, 0.717) is 12.8 Å². The Hall–Kier alpha value is -1.15. The number of hydrogen-bond donors (Lipinski definition) is 1. The van der Waals surface area contributed by atoms with E-state index in [0.717, 1.165) is 37.1 Å². The van der Waals surface area contributed by atoms with Crippen LogP contribution in [0.1, 0.15) is 38.5 Å². The number of benzene rings is 1. The first-order valence-electron chi connectivity index (χ1n) is 8.02. The van der Waals surface area contributed by atoms with Crippen molar-refractivity contribution in [2.24, 2.45) is 11.8 Å². The topological polar surface area (TPSA) is 46.2 Å². The van der Waals surface area contributed by atoms with Crippen LogP contribution in [-0.4, -0.2) is 21.1 Å². The van der Waals surface area contributed by atoms with Crippen molar-refractivity contribution < 1.29 is 26.0 Å². The minimum absolute atomic E-state index is 0.0704. The lowest BCUT2D eigenvalue weighted by Crippen LogP contribution is -2.31. The summed E-state index contributed by atoms with van der Waals surface area (Å²) in [7, 11) is -3.83. The molecule has 1 aliphatic carbocycles. The van der Waals surface area contributed by atoms with Gasteiger partial charge in [-0.1, -0.05) is 12.8 Å². The summed E-state index contributed by atoms with van der Waals surface area (Å²) < 4.78 is 78.5. The molecule has 1 aromatic rings. The molecule has 0 spiro atoms. The Morgan fingerprint density at radius 2 is 1.71 bits per heavy atom. The zero-order valence-corrected chi connectivity index (χ0v) is 14.0. The van der Waals surface area contributed by atoms with Gasteiger partial charge in [0, 0.05) is 6.54 Å². The normalized spacial score (nSPS) is 18.0. The zero-order valence-electron chi connectivity index (χ0n) is 13.2. The maximum atomic E-state index is 13.2. The summed E-state index contributed by atoms with van der Waals surface area (Å²) in [5.74, 6) is -2.27. The fraction of sp³-hybridized carbons (Fsp3) is 0.625. The average Bonchev–Trinajstić information content (AvgIpc) is 3.00. The summed E-state index contributed by atoms with van der Waals surface area (Å²) in [6.07, 6.45) is -1.38. The van der Waals surface area contributed by atoms with Crippen molar-refractivity contribution in [3.05, 3.63) is 30.1 Å². The predicted octanol–water partition coefficient (Wildman–Crippen LogP) is 4.25. The monoisotopic (exact) mass is 367 g/mol. The Balaban J connectivity index is 1.87. The van der Waals surface area contributed by atoms with Crippen molar-refractivity contribution in [1.29, 1.82) is 0 Å². The fourth-order valence-corrected chi connectivity index (χ4v) is 4.33. The van der Waals surface area contributed by atoms with Crippen molar-refractivity contribution in [1.82, 2.24) is 4.72 Å². The number of nitrogens with one attached hydrogen (secondary N) is 1. The van der Waals surface area contributed by atoms with Crippen LogP contribution >= 0.6 is 0 Å². The molecule has 24 heavy (non-hydrogen) atoms. The first-order chi connectivity index (χ1) is 11.2. The maximum absolute atomic E-state index is 13.2. The molecule has 0 bridgehead atoms. The molecular weight excluding hydrogens is 346 g/mol. The number of halogens is 4. The second-order valence-electron chi connectivity index (χ2n) is 6.19. The van der Waals surface area contributed by atoms with E-state index in [9.17, 15) is 26.0 Å². The molecule has 1 unspecified atom stereocenters. The first-order valence-corrected chi connectivity index (χ1v) is 9.50. The molecular formula is C16H21F4NO2S. The van der Waals surface area contributed by atoms with E-state index < -0.39 is 27.9 Å². The third kappa shape index (κ3) is 5.17. The van der Waals surface area contributed by atoms with Crippen LogP contribution in [0.3, 0.4) is 0 Å². The number of alkyl halides is 3. The molecule has 8 heteroatoms. The minimum atomic E-state index is -4.25. The van der Waals surface area contributed by atoms with Gasteiger partial charge in [-0.15, -0.1) is 0 Å². The molecule has 1 saturated carbocycles. The Bertz CT molecular complexity index is 622. The Morgan fingerprint density at radius 1 is 1.12 bits per heavy atom. The van der Waals surface area contributed by atoms with Crippen molar-refractivity contribution >= 4 is 10.0 Å². The molecule has 136 valence electrons. The van der Waals surface area contributed by atoms with Gasteiger partial charge < -0.3 is 0 Å². The molecule has 1 aromatic carbocycles. The molecule has 1 fully saturated rings. The van der Waals surface area contributed by atoms with Crippen molar-refractivity contribution in [3.8, 4) is 0 Å². The van der Waals surface area contributed by atoms with Crippen molar-refractivity contribution in [2.45, 2.75) is 49.6 Å². The van der Waals surface area contributed by atoms with E-state index in [-0.39, 0.29) is 30.2 Å². The van der Waals surface area contributed by atoms with Gasteiger partial charge in [0.05, 0.1) is 10.8 Å². The van der Waals surface area contributed by atoms with Crippen LogP contribution in [0.2, 0.25) is 0 Å². The van der Waals surface area contributed by atoms with Crippen LogP contribution < -0.4 is 4.72 Å². The van der Waals surface area contributed by atoms with Gasteiger partial charge in [-0.25, -0.2) is 17.5 Å². The lowest BCUT2D eigenvalue weighted by molar-refractivity contribution is -0.190. The fourth-order valence-electron chi connectivity index (χ4n) is 3.25. The van der Waals surface area contributed by atoms with E-state index in [1.165, 1.54) is 0 Å². The van der Waals surface area contributed by atoms with Gasteiger partial charge in [-0.05, 0) is 55.9 Å². The van der Waals surface area contributed by atoms with E-state index in [1.54, 1.807) is 0 Å². The predicted molar refractivity (Wildman–Crippen MR) is 82.3 cm³/mol. The molecule has 0 aliphatic heterocycles. The van der Waals surface area contributed by atoms with E-state index in [2.05, 4.69) is 4.72 Å². The van der Waals surface area contributed by atoms with Gasteiger partial charge in [0.15, 0.2) is 0 Å². The first kappa shape index (κ1) is 19.2. The Kier molecular flexibility index (Phi) is 6.25. The molecule has 2 rings (SSSR count). The average molecular weight is 367 g/mol. The van der Waals surface area contributed by atoms with Crippen LogP contribution in [0.4, 0.5) is 17.6 Å². The Labute approximate surface area is 139 Å². The molecule has 0 amide bonds. The van der Waals surface area contributed by atoms with Crippen molar-refractivity contribution in [2.75, 3.05) is 6.54 Å². The highest BCUT2D eigenvalue weighted by Crippen LogP contribution is 2.42. The van der Waals surface area contributed by atoms with Crippen LogP contribution in [0.25, 0.3) is 0 Å². The summed E-state index contributed by atoms with van der Waals surface area (Å²) in [6, 6.07) is 4.28. The molecule has 1 atom stereocenters. The highest BCUT2D eigenvalue weighted by atomic mass is 32.2. The number of sulfonamides is 1. The molecule has 0 saturated heterocycles. The van der Waals surface area contributed by atoms with E-state index in [4.69, 9.17) is 0 Å². The second kappa shape index (κ2) is 7.82. The summed E-state index contributed by atoms with van der Waals surface area (Å²) >= 11 is 0. The highest BCUT2D eigenvalue weighted by Gasteiger charge is 2.44. The number of hydrogen-bond acceptors (Lipinski definition) is 2. The largest absolute Gasteiger partial charge is 0.392 e. The summed E-state index contributed by atoms with van der Waals surface area (Å²) in [6.45, 7) is -0.0704. The number of rotatable bonds is 7. The van der Waals surface area contributed by atoms with Crippen LogP contribution in [-0.2, 0) is 10.0 Å². The third-order valence-corrected chi connectivity index (χ3v) is 5.97. The minimum Gasteiger partial charge on any atom is -0.211 e. The molecule has 1 aliphatic rings. The summed E-state index contributed by atoms with van der Waals surface area (Å²) in [4.78, 5) is -0.105. The van der Waals surface area contributed by atoms with Crippen LogP contribution in [0.5, 0.6) is 0 Å². The standard InChI is InChI=1S/C16H21F4NO2S/c17-13-7-9-14(10-8-13)24(22,23)21-11-3-6-15(16(18,19)20)12-4-1-2-5-12/h7-10,12,15,21H,1-6,11H2. The third-order valence-electron chi connectivity index (χ3n) is 4.50. The highest BCUT2D eigenvalue weighted by molar-refractivity contribution is 7.89. The van der Waals surface area contributed by atoms with Crippen LogP contribution in [0.15, 0.2) is 29.2 Å². The van der Waals surface area contributed by atoms with Crippen molar-refractivity contribution in [3.63, 3.8) is 0 Å². The summed E-state index contributed by atoms with van der Waals surface area (Å²) in [5, 5.41) is 0. The van der Waals surface area contributed by atoms with Gasteiger partial charge >= 0.3 is 6.18 Å². The van der Waals surface area contributed by atoms with E-state index in [1.807, 2.05) is 0 Å². The second-order valence-corrected chi connectivity index (χ2v) is 7.95. The van der Waals surface area contributed by atoms with Crippen LogP contribution in [0, 0.1) is 17.7 Å². The molecule has 0 radical (unpaired) electrons. The summed E-state index contributed by atoms with van der Waals surface area (Å²) in [5.41, 5.74) is 0. The van der Waals surface area contributed by atoms with Gasteiger partial charge in [0.25, 0.3) is 0 Å². The van der Waals surface area contributed by atoms with Gasteiger partial charge in [0.1, 0.15) is 5.82 Å². The lowest BCUT2D eigenvalue weighted by Gasteiger charge is -2.26. The molecule has 1 N–H and O–H groups in total. The van der Waals surface area contributed by atoms with Gasteiger partial charge in [-0.2, -0.15) is 13.2 Å². The maximum Gasteiger partial charge on any atom is 0.392 e. The molecule has 0 heterocycles. The SMILES string of the molecule is O=S(=O)(NCCCC(C1CCCC1)C(F)(F)F)c1ccc(F)cc1. The quantitative estimate of drug-likeness (QED) is 0.578. The molecule has 3 nitrogen and oxygen atoms in total. The van der Waals surface area contributed by atoms with Gasteiger partial charge in [-0.3, -0.25) is 0 Å². The lowest BCUT2D eigenvalue weighted by atomic mass is 9.86. The van der Waals surface area contributed by atoms with E-state index >= 15 is 0 Å². The molecule has 0 aromatic heterocycles.